The summed E-state index contributed by atoms with van der Waals surface area (Å²) in [5.74, 6) is 0.931. The summed E-state index contributed by atoms with van der Waals surface area (Å²) in [6, 6.07) is 8.08. The third-order valence-electron chi connectivity index (χ3n) is 6.01. The van der Waals surface area contributed by atoms with E-state index in [4.69, 9.17) is 9.47 Å². The molecular formula is C26H25F6NO3S2. The molecule has 0 amide bonds. The van der Waals surface area contributed by atoms with Crippen LogP contribution in [0, 0.1) is 0 Å². The Hall–Kier alpha value is -2.31. The molecule has 0 spiro atoms. The molecule has 2 saturated heterocycles. The molecular weight excluding hydrogens is 552 g/mol. The van der Waals surface area contributed by atoms with Crippen molar-refractivity contribution in [2.24, 2.45) is 0 Å². The van der Waals surface area contributed by atoms with Crippen molar-refractivity contribution >= 4 is 29.3 Å². The molecule has 2 aliphatic heterocycles. The van der Waals surface area contributed by atoms with Crippen molar-refractivity contribution < 1.29 is 40.6 Å². The number of hydrogen-bond donors (Lipinski definition) is 0. The number of halogens is 6. The van der Waals surface area contributed by atoms with Gasteiger partial charge in [-0.1, -0.05) is 23.9 Å². The fourth-order valence-corrected chi connectivity index (χ4v) is 6.28. The predicted molar refractivity (Wildman–Crippen MR) is 134 cm³/mol. The summed E-state index contributed by atoms with van der Waals surface area (Å²) >= 11 is 2.32. The summed E-state index contributed by atoms with van der Waals surface area (Å²) in [4.78, 5) is 14.0. The van der Waals surface area contributed by atoms with Crippen molar-refractivity contribution in [3.05, 3.63) is 65.4 Å². The second-order valence-corrected chi connectivity index (χ2v) is 11.0. The summed E-state index contributed by atoms with van der Waals surface area (Å²) in [6.45, 7) is 1.59. The topological polar surface area (TPSA) is 38.8 Å². The molecule has 206 valence electrons. The Morgan fingerprint density at radius 3 is 2.26 bits per heavy atom. The molecule has 0 aliphatic carbocycles. The maximum Gasteiger partial charge on any atom is 0.418 e. The summed E-state index contributed by atoms with van der Waals surface area (Å²) in [5.41, 5.74) is -4.93. The van der Waals surface area contributed by atoms with E-state index in [0.29, 0.717) is 43.8 Å². The summed E-state index contributed by atoms with van der Waals surface area (Å²) in [6.07, 6.45) is -7.21. The average molecular weight is 578 g/mol. The van der Waals surface area contributed by atoms with Gasteiger partial charge in [-0.3, -0.25) is 4.79 Å². The van der Waals surface area contributed by atoms with Gasteiger partial charge in [0.1, 0.15) is 11.9 Å². The second-order valence-electron chi connectivity index (χ2n) is 8.66. The maximum atomic E-state index is 14.2. The first-order valence-electron chi connectivity index (χ1n) is 11.9. The van der Waals surface area contributed by atoms with E-state index in [-0.39, 0.29) is 11.0 Å². The van der Waals surface area contributed by atoms with E-state index in [0.717, 1.165) is 42.6 Å². The van der Waals surface area contributed by atoms with Crippen LogP contribution in [-0.2, 0) is 17.1 Å². The molecule has 0 saturated carbocycles. The van der Waals surface area contributed by atoms with Crippen LogP contribution < -0.4 is 4.74 Å². The molecule has 0 atom stereocenters. The van der Waals surface area contributed by atoms with Crippen LogP contribution in [0.5, 0.6) is 5.75 Å². The normalized spacial score (nSPS) is 17.7. The third-order valence-corrected chi connectivity index (χ3v) is 8.18. The standard InChI is InChI=1S/C26H25F6NO3S2/c27-25(28,29)23-18(19(34)7-10-33-11-13-35-14-12-33)5-6-22(24(23)26(30,31)32)38-21-4-2-1-3-20(21)36-17-8-15-37-16-9-17/h1-7,10,17H,8-9,11-16H2. The van der Waals surface area contributed by atoms with Gasteiger partial charge in [0.15, 0.2) is 5.78 Å². The molecule has 2 aromatic carbocycles. The Kier molecular flexibility index (Phi) is 9.25. The Balaban J connectivity index is 1.72. The number of carbonyl (C=O) groups is 1. The van der Waals surface area contributed by atoms with E-state index in [1.54, 1.807) is 34.9 Å². The van der Waals surface area contributed by atoms with Gasteiger partial charge < -0.3 is 14.4 Å². The van der Waals surface area contributed by atoms with Crippen molar-refractivity contribution in [3.63, 3.8) is 0 Å². The molecule has 0 unspecified atom stereocenters. The highest BCUT2D eigenvalue weighted by atomic mass is 32.2. The van der Waals surface area contributed by atoms with E-state index in [1.807, 2.05) is 0 Å². The maximum absolute atomic E-state index is 14.2. The van der Waals surface area contributed by atoms with Gasteiger partial charge in [0, 0.05) is 35.8 Å². The fourth-order valence-electron chi connectivity index (χ4n) is 4.16. The van der Waals surface area contributed by atoms with Crippen molar-refractivity contribution in [3.8, 4) is 5.75 Å². The second kappa shape index (κ2) is 12.3. The minimum absolute atomic E-state index is 0.121. The molecule has 2 aromatic rings. The predicted octanol–water partition coefficient (Wildman–Crippen LogP) is 7.18. The molecule has 0 N–H and O–H groups in total. The number of allylic oxidation sites excluding steroid dienone is 1. The first-order valence-corrected chi connectivity index (χ1v) is 13.9. The van der Waals surface area contributed by atoms with Gasteiger partial charge >= 0.3 is 12.4 Å². The summed E-state index contributed by atoms with van der Waals surface area (Å²) in [7, 11) is 0. The lowest BCUT2D eigenvalue weighted by Crippen LogP contribution is -2.32. The van der Waals surface area contributed by atoms with Crippen LogP contribution in [0.4, 0.5) is 26.3 Å². The monoisotopic (exact) mass is 577 g/mol. The summed E-state index contributed by atoms with van der Waals surface area (Å²) in [5, 5.41) is 0. The zero-order valence-corrected chi connectivity index (χ0v) is 21.7. The van der Waals surface area contributed by atoms with Gasteiger partial charge in [0.25, 0.3) is 0 Å². The highest BCUT2D eigenvalue weighted by Crippen LogP contribution is 2.49. The molecule has 4 rings (SSSR count). The van der Waals surface area contributed by atoms with Crippen LogP contribution in [-0.4, -0.2) is 54.6 Å². The first-order chi connectivity index (χ1) is 18.0. The lowest BCUT2D eigenvalue weighted by atomic mass is 9.96. The third kappa shape index (κ3) is 7.20. The number of ketones is 1. The number of ether oxygens (including phenoxy) is 2. The molecule has 0 bridgehead atoms. The van der Waals surface area contributed by atoms with Gasteiger partial charge in [-0.2, -0.15) is 38.1 Å². The smallest absolute Gasteiger partial charge is 0.418 e. The van der Waals surface area contributed by atoms with Crippen LogP contribution in [0.1, 0.15) is 34.3 Å². The van der Waals surface area contributed by atoms with Crippen LogP contribution in [0.2, 0.25) is 0 Å². The van der Waals surface area contributed by atoms with Crippen LogP contribution in [0.15, 0.2) is 58.5 Å². The first kappa shape index (κ1) is 28.7. The average Bonchev–Trinajstić information content (AvgIpc) is 2.88. The number of carbonyl (C=O) groups excluding carboxylic acids is 1. The number of para-hydroxylation sites is 1. The van der Waals surface area contributed by atoms with Gasteiger partial charge in [-0.05, 0) is 48.6 Å². The molecule has 2 fully saturated rings. The van der Waals surface area contributed by atoms with E-state index in [2.05, 4.69) is 0 Å². The minimum Gasteiger partial charge on any atom is -0.489 e. The van der Waals surface area contributed by atoms with Crippen LogP contribution in [0.3, 0.4) is 0 Å². The molecule has 2 heterocycles. The largest absolute Gasteiger partial charge is 0.489 e. The minimum atomic E-state index is -5.42. The van der Waals surface area contributed by atoms with Crippen molar-refractivity contribution in [1.82, 2.24) is 4.90 Å². The van der Waals surface area contributed by atoms with E-state index >= 15 is 0 Å². The van der Waals surface area contributed by atoms with E-state index < -0.39 is 39.7 Å². The zero-order chi connectivity index (χ0) is 27.3. The Morgan fingerprint density at radius 1 is 0.947 bits per heavy atom. The Morgan fingerprint density at radius 2 is 1.61 bits per heavy atom. The van der Waals surface area contributed by atoms with Crippen molar-refractivity contribution in [2.45, 2.75) is 41.1 Å². The molecule has 4 nitrogen and oxygen atoms in total. The number of alkyl halides is 6. The Bertz CT molecular complexity index is 1160. The fraction of sp³-hybridized carbons (Fsp3) is 0.423. The zero-order valence-electron chi connectivity index (χ0n) is 20.1. The number of rotatable bonds is 7. The molecule has 12 heteroatoms. The number of morpholine rings is 1. The van der Waals surface area contributed by atoms with Crippen molar-refractivity contribution in [1.29, 1.82) is 0 Å². The molecule has 0 radical (unpaired) electrons. The molecule has 2 aliphatic rings. The van der Waals surface area contributed by atoms with Gasteiger partial charge in [-0.25, -0.2) is 0 Å². The van der Waals surface area contributed by atoms with Gasteiger partial charge in [-0.15, -0.1) is 0 Å². The van der Waals surface area contributed by atoms with Crippen LogP contribution in [0.25, 0.3) is 0 Å². The van der Waals surface area contributed by atoms with Gasteiger partial charge in [0.05, 0.1) is 29.2 Å². The SMILES string of the molecule is O=C(C=CN1CCOCC1)c1ccc(Sc2ccccc2OC2CCSCC2)c(C(F)(F)F)c1C(F)(F)F. The van der Waals surface area contributed by atoms with E-state index in [9.17, 15) is 31.1 Å². The lowest BCUT2D eigenvalue weighted by molar-refractivity contribution is -0.163. The molecule has 0 aromatic heterocycles. The van der Waals surface area contributed by atoms with Crippen LogP contribution >= 0.6 is 23.5 Å². The lowest BCUT2D eigenvalue weighted by Gasteiger charge is -2.25. The highest BCUT2D eigenvalue weighted by Gasteiger charge is 2.47. The number of hydrogen-bond acceptors (Lipinski definition) is 6. The number of thioether (sulfide) groups is 1. The van der Waals surface area contributed by atoms with Crippen molar-refractivity contribution in [2.75, 3.05) is 37.8 Å². The summed E-state index contributed by atoms with van der Waals surface area (Å²) < 4.78 is 96.4. The number of nitrogens with zero attached hydrogens (tertiary/aromatic N) is 1. The van der Waals surface area contributed by atoms with E-state index in [1.165, 1.54) is 12.3 Å². The highest BCUT2D eigenvalue weighted by molar-refractivity contribution is 7.99. The number of benzene rings is 2. The quantitative estimate of drug-likeness (QED) is 0.197. The molecule has 38 heavy (non-hydrogen) atoms. The Labute approximate surface area is 224 Å². The van der Waals surface area contributed by atoms with Gasteiger partial charge in [0.2, 0.25) is 0 Å².